The number of rotatable bonds is 1. The molecule has 0 amide bonds. The fraction of sp³-hybridized carbons (Fsp3) is 0.250. The van der Waals surface area contributed by atoms with Gasteiger partial charge in [-0.3, -0.25) is 0 Å². The van der Waals surface area contributed by atoms with Gasteiger partial charge in [-0.05, 0) is 17.7 Å². The smallest absolute Gasteiger partial charge is 0.231 e. The lowest BCUT2D eigenvalue weighted by atomic mass is 10.1. The van der Waals surface area contributed by atoms with Crippen LogP contribution in [0, 0.1) is 0 Å². The molecule has 1 heterocycles. The fourth-order valence-corrected chi connectivity index (χ4v) is 1.12. The second kappa shape index (κ2) is 2.66. The molecule has 0 atom stereocenters. The summed E-state index contributed by atoms with van der Waals surface area (Å²) in [6.45, 7) is 0.276. The van der Waals surface area contributed by atoms with Crippen molar-refractivity contribution >= 4 is 0 Å². The summed E-state index contributed by atoms with van der Waals surface area (Å²) in [6.07, 6.45) is -0.459. The second-order valence-electron chi connectivity index (χ2n) is 2.64. The van der Waals surface area contributed by atoms with Crippen LogP contribution in [-0.2, 0) is 0 Å². The molecular weight excluding hydrogens is 156 g/mol. The minimum Gasteiger partial charge on any atom is -0.454 e. The van der Waals surface area contributed by atoms with E-state index in [1.54, 1.807) is 6.07 Å². The summed E-state index contributed by atoms with van der Waals surface area (Å²) < 4.78 is 10.3. The zero-order chi connectivity index (χ0) is 8.55. The summed E-state index contributed by atoms with van der Waals surface area (Å²) in [5.41, 5.74) is 11.8. The standard InChI is InChI=1S/C8H10N2O2/c9-8(10)5-1-2-6-7(3-5)12-4-11-6/h1-3,8H,4,9-10H2. The third-order valence-electron chi connectivity index (χ3n) is 1.78. The van der Waals surface area contributed by atoms with Crippen LogP contribution in [0.25, 0.3) is 0 Å². The monoisotopic (exact) mass is 166 g/mol. The Kier molecular flexibility index (Phi) is 1.64. The zero-order valence-electron chi connectivity index (χ0n) is 6.49. The van der Waals surface area contributed by atoms with Crippen molar-refractivity contribution in [3.05, 3.63) is 23.8 Å². The van der Waals surface area contributed by atoms with E-state index in [4.69, 9.17) is 20.9 Å². The van der Waals surface area contributed by atoms with Gasteiger partial charge in [0, 0.05) is 0 Å². The van der Waals surface area contributed by atoms with E-state index in [0.717, 1.165) is 11.3 Å². The Bertz CT molecular complexity index is 299. The highest BCUT2D eigenvalue weighted by molar-refractivity contribution is 5.45. The molecule has 4 N–H and O–H groups in total. The molecule has 0 unspecified atom stereocenters. The molecule has 0 saturated carbocycles. The first-order valence-electron chi connectivity index (χ1n) is 3.68. The van der Waals surface area contributed by atoms with Crippen molar-refractivity contribution in [2.75, 3.05) is 6.79 Å². The molecule has 0 radical (unpaired) electrons. The molecule has 1 aliphatic heterocycles. The van der Waals surface area contributed by atoms with Crippen molar-refractivity contribution in [3.63, 3.8) is 0 Å². The second-order valence-corrected chi connectivity index (χ2v) is 2.64. The summed E-state index contributed by atoms with van der Waals surface area (Å²) >= 11 is 0. The van der Waals surface area contributed by atoms with Gasteiger partial charge in [-0.25, -0.2) is 0 Å². The molecule has 0 bridgehead atoms. The van der Waals surface area contributed by atoms with Crippen molar-refractivity contribution in [1.29, 1.82) is 0 Å². The van der Waals surface area contributed by atoms with Gasteiger partial charge in [-0.2, -0.15) is 0 Å². The lowest BCUT2D eigenvalue weighted by Gasteiger charge is -2.05. The number of ether oxygens (including phenoxy) is 2. The highest BCUT2D eigenvalue weighted by Gasteiger charge is 2.13. The predicted molar refractivity (Wildman–Crippen MR) is 43.7 cm³/mol. The lowest BCUT2D eigenvalue weighted by Crippen LogP contribution is -2.19. The van der Waals surface area contributed by atoms with Crippen LogP contribution in [0.1, 0.15) is 11.7 Å². The van der Waals surface area contributed by atoms with Crippen molar-refractivity contribution in [2.45, 2.75) is 6.17 Å². The fourth-order valence-electron chi connectivity index (χ4n) is 1.12. The van der Waals surface area contributed by atoms with E-state index in [9.17, 15) is 0 Å². The normalized spacial score (nSPS) is 13.9. The van der Waals surface area contributed by atoms with Crippen LogP contribution < -0.4 is 20.9 Å². The molecule has 12 heavy (non-hydrogen) atoms. The summed E-state index contributed by atoms with van der Waals surface area (Å²) in [4.78, 5) is 0. The van der Waals surface area contributed by atoms with Crippen LogP contribution in [0.15, 0.2) is 18.2 Å². The van der Waals surface area contributed by atoms with Crippen LogP contribution >= 0.6 is 0 Å². The number of hydrogen-bond acceptors (Lipinski definition) is 4. The summed E-state index contributed by atoms with van der Waals surface area (Å²) in [5.74, 6) is 1.47. The first kappa shape index (κ1) is 7.39. The first-order chi connectivity index (χ1) is 5.77. The van der Waals surface area contributed by atoms with Gasteiger partial charge < -0.3 is 20.9 Å². The van der Waals surface area contributed by atoms with Gasteiger partial charge in [0.15, 0.2) is 11.5 Å². The lowest BCUT2D eigenvalue weighted by molar-refractivity contribution is 0.174. The van der Waals surface area contributed by atoms with Gasteiger partial charge in [0.05, 0.1) is 6.17 Å². The van der Waals surface area contributed by atoms with E-state index < -0.39 is 6.17 Å². The van der Waals surface area contributed by atoms with Crippen molar-refractivity contribution in [2.24, 2.45) is 11.5 Å². The summed E-state index contributed by atoms with van der Waals surface area (Å²) in [6, 6.07) is 5.44. The predicted octanol–water partition coefficient (Wildman–Crippen LogP) is 0.331. The van der Waals surface area contributed by atoms with Crippen molar-refractivity contribution in [3.8, 4) is 11.5 Å². The highest BCUT2D eigenvalue weighted by Crippen LogP contribution is 2.33. The van der Waals surface area contributed by atoms with Crippen molar-refractivity contribution < 1.29 is 9.47 Å². The highest BCUT2D eigenvalue weighted by atomic mass is 16.7. The SMILES string of the molecule is NC(N)c1ccc2c(c1)OCO2. The minimum atomic E-state index is -0.459. The van der Waals surface area contributed by atoms with E-state index in [1.165, 1.54) is 0 Å². The number of benzene rings is 1. The Morgan fingerprint density at radius 3 is 2.67 bits per heavy atom. The van der Waals surface area contributed by atoms with Gasteiger partial charge in [0.25, 0.3) is 0 Å². The summed E-state index contributed by atoms with van der Waals surface area (Å²) in [7, 11) is 0. The molecule has 2 rings (SSSR count). The van der Waals surface area contributed by atoms with Gasteiger partial charge in [0.1, 0.15) is 0 Å². The van der Waals surface area contributed by atoms with Gasteiger partial charge in [0.2, 0.25) is 6.79 Å². The third-order valence-corrected chi connectivity index (χ3v) is 1.78. The quantitative estimate of drug-likeness (QED) is 0.590. The average molecular weight is 166 g/mol. The maximum Gasteiger partial charge on any atom is 0.231 e. The molecule has 0 aromatic heterocycles. The minimum absolute atomic E-state index is 0.276. The van der Waals surface area contributed by atoms with E-state index in [-0.39, 0.29) is 6.79 Å². The number of fused-ring (bicyclic) bond motifs is 1. The molecular formula is C8H10N2O2. The number of hydrogen-bond donors (Lipinski definition) is 2. The number of nitrogens with two attached hydrogens (primary N) is 2. The molecule has 1 aromatic carbocycles. The largest absolute Gasteiger partial charge is 0.454 e. The Labute approximate surface area is 70.1 Å². The maximum absolute atomic E-state index is 5.49. The molecule has 1 aliphatic rings. The van der Waals surface area contributed by atoms with Crippen LogP contribution in [0.5, 0.6) is 11.5 Å². The van der Waals surface area contributed by atoms with Crippen LogP contribution in [0.2, 0.25) is 0 Å². The first-order valence-corrected chi connectivity index (χ1v) is 3.68. The summed E-state index contributed by atoms with van der Waals surface area (Å²) in [5, 5.41) is 0. The Morgan fingerprint density at radius 2 is 1.92 bits per heavy atom. The molecule has 0 saturated heterocycles. The van der Waals surface area contributed by atoms with E-state index >= 15 is 0 Å². The Hall–Kier alpha value is -1.26. The third kappa shape index (κ3) is 1.11. The van der Waals surface area contributed by atoms with Gasteiger partial charge in [-0.1, -0.05) is 6.07 Å². The van der Waals surface area contributed by atoms with Crippen LogP contribution in [-0.4, -0.2) is 6.79 Å². The molecule has 4 nitrogen and oxygen atoms in total. The topological polar surface area (TPSA) is 70.5 Å². The van der Waals surface area contributed by atoms with Crippen LogP contribution in [0.4, 0.5) is 0 Å². The average Bonchev–Trinajstić information content (AvgIpc) is 2.49. The van der Waals surface area contributed by atoms with Crippen LogP contribution in [0.3, 0.4) is 0 Å². The zero-order valence-corrected chi connectivity index (χ0v) is 6.49. The van der Waals surface area contributed by atoms with Gasteiger partial charge >= 0.3 is 0 Å². The molecule has 1 aromatic rings. The maximum atomic E-state index is 5.49. The molecule has 64 valence electrons. The van der Waals surface area contributed by atoms with Crippen molar-refractivity contribution in [1.82, 2.24) is 0 Å². The van der Waals surface area contributed by atoms with E-state index in [0.29, 0.717) is 5.75 Å². The molecule has 0 fully saturated rings. The van der Waals surface area contributed by atoms with Gasteiger partial charge in [-0.15, -0.1) is 0 Å². The molecule has 0 aliphatic carbocycles. The van der Waals surface area contributed by atoms with E-state index in [1.807, 2.05) is 12.1 Å². The van der Waals surface area contributed by atoms with E-state index in [2.05, 4.69) is 0 Å². The Morgan fingerprint density at radius 1 is 1.17 bits per heavy atom. The molecule has 0 spiro atoms. The Balaban J connectivity index is 2.39. The molecule has 4 heteroatoms.